The summed E-state index contributed by atoms with van der Waals surface area (Å²) in [5, 5.41) is 3.62. The molecular formula is C19H25ClIN3O2. The van der Waals surface area contributed by atoms with Gasteiger partial charge in [0.25, 0.3) is 0 Å². The molecule has 0 heterocycles. The Morgan fingerprint density at radius 1 is 1.08 bits per heavy atom. The van der Waals surface area contributed by atoms with Crippen molar-refractivity contribution in [3.8, 4) is 11.5 Å². The van der Waals surface area contributed by atoms with E-state index in [-0.39, 0.29) is 36.2 Å². The van der Waals surface area contributed by atoms with Crippen molar-refractivity contribution in [2.75, 3.05) is 11.9 Å². The third-order valence-corrected chi connectivity index (χ3v) is 3.49. The van der Waals surface area contributed by atoms with E-state index < -0.39 is 0 Å². The van der Waals surface area contributed by atoms with Crippen molar-refractivity contribution >= 4 is 47.2 Å². The van der Waals surface area contributed by atoms with Gasteiger partial charge in [0.15, 0.2) is 5.96 Å². The average Bonchev–Trinajstić information content (AvgIpc) is 2.56. The summed E-state index contributed by atoms with van der Waals surface area (Å²) in [6.45, 7) is 6.31. The second-order valence-corrected chi connectivity index (χ2v) is 6.31. The molecule has 1 unspecified atom stereocenters. The number of para-hydroxylation sites is 1. The molecule has 0 aromatic heterocycles. The van der Waals surface area contributed by atoms with Crippen LogP contribution in [0.15, 0.2) is 53.5 Å². The second kappa shape index (κ2) is 11.1. The number of guanidine groups is 1. The molecule has 0 saturated heterocycles. The highest BCUT2D eigenvalue weighted by Gasteiger charge is 2.07. The second-order valence-electron chi connectivity index (χ2n) is 5.90. The Morgan fingerprint density at radius 2 is 1.73 bits per heavy atom. The number of nitrogens with two attached hydrogens (primary N) is 1. The number of hydrogen-bond acceptors (Lipinski definition) is 3. The summed E-state index contributed by atoms with van der Waals surface area (Å²) in [4.78, 5) is 4.30. The minimum atomic E-state index is -0.151. The summed E-state index contributed by atoms with van der Waals surface area (Å²) in [6, 6.07) is 14.9. The number of hydrogen-bond donors (Lipinski definition) is 2. The number of rotatable bonds is 7. The molecule has 5 nitrogen and oxygen atoms in total. The minimum Gasteiger partial charge on any atom is -0.491 e. The van der Waals surface area contributed by atoms with Crippen LogP contribution in [-0.4, -0.2) is 24.7 Å². The van der Waals surface area contributed by atoms with Crippen LogP contribution in [0.5, 0.6) is 11.5 Å². The Labute approximate surface area is 177 Å². The minimum absolute atomic E-state index is 0. The maximum absolute atomic E-state index is 6.07. The molecule has 0 saturated carbocycles. The third kappa shape index (κ3) is 7.70. The quantitative estimate of drug-likeness (QED) is 0.328. The van der Waals surface area contributed by atoms with E-state index in [1.165, 1.54) is 0 Å². The van der Waals surface area contributed by atoms with Gasteiger partial charge in [-0.25, -0.2) is 4.99 Å². The van der Waals surface area contributed by atoms with Crippen LogP contribution in [0.1, 0.15) is 20.8 Å². The Hall–Kier alpha value is -1.67. The van der Waals surface area contributed by atoms with Crippen LogP contribution in [0.4, 0.5) is 5.69 Å². The molecular weight excluding hydrogens is 465 g/mol. The summed E-state index contributed by atoms with van der Waals surface area (Å²) in [7, 11) is 0. The lowest BCUT2D eigenvalue weighted by Gasteiger charge is -2.14. The van der Waals surface area contributed by atoms with Crippen molar-refractivity contribution in [2.45, 2.75) is 33.0 Å². The predicted octanol–water partition coefficient (Wildman–Crippen LogP) is 4.94. The lowest BCUT2D eigenvalue weighted by molar-refractivity contribution is 0.230. The van der Waals surface area contributed by atoms with E-state index in [4.69, 9.17) is 26.8 Å². The lowest BCUT2D eigenvalue weighted by atomic mass is 10.3. The summed E-state index contributed by atoms with van der Waals surface area (Å²) in [5.41, 5.74) is 6.77. The number of benzene rings is 2. The zero-order valence-corrected chi connectivity index (χ0v) is 18.2. The molecule has 0 aliphatic heterocycles. The Bertz CT molecular complexity index is 708. The van der Waals surface area contributed by atoms with Crippen LogP contribution in [0.25, 0.3) is 0 Å². The van der Waals surface area contributed by atoms with Gasteiger partial charge in [0.05, 0.1) is 17.7 Å². The van der Waals surface area contributed by atoms with Crippen molar-refractivity contribution in [1.82, 2.24) is 0 Å². The molecule has 1 atom stereocenters. The topological polar surface area (TPSA) is 68.9 Å². The molecule has 0 spiro atoms. The maximum atomic E-state index is 6.07. The molecule has 0 aliphatic carbocycles. The molecule has 142 valence electrons. The van der Waals surface area contributed by atoms with E-state index in [0.29, 0.717) is 23.3 Å². The van der Waals surface area contributed by atoms with E-state index in [0.717, 1.165) is 11.4 Å². The number of anilines is 1. The summed E-state index contributed by atoms with van der Waals surface area (Å²) in [5.74, 6) is 1.78. The molecule has 0 fully saturated rings. The van der Waals surface area contributed by atoms with Gasteiger partial charge in [-0.3, -0.25) is 0 Å². The first-order chi connectivity index (χ1) is 11.9. The van der Waals surface area contributed by atoms with Crippen LogP contribution in [-0.2, 0) is 0 Å². The zero-order valence-electron chi connectivity index (χ0n) is 15.1. The van der Waals surface area contributed by atoms with Crippen molar-refractivity contribution < 1.29 is 9.47 Å². The van der Waals surface area contributed by atoms with Gasteiger partial charge in [0, 0.05) is 5.69 Å². The van der Waals surface area contributed by atoms with Gasteiger partial charge in [0.1, 0.15) is 17.6 Å². The van der Waals surface area contributed by atoms with Gasteiger partial charge in [-0.15, -0.1) is 24.0 Å². The van der Waals surface area contributed by atoms with Crippen molar-refractivity contribution in [2.24, 2.45) is 10.7 Å². The predicted molar refractivity (Wildman–Crippen MR) is 119 cm³/mol. The van der Waals surface area contributed by atoms with Crippen LogP contribution >= 0.6 is 35.6 Å². The molecule has 3 N–H and O–H groups in total. The zero-order chi connectivity index (χ0) is 18.2. The van der Waals surface area contributed by atoms with Crippen LogP contribution < -0.4 is 20.5 Å². The normalized spacial score (nSPS) is 12.3. The van der Waals surface area contributed by atoms with Crippen molar-refractivity contribution in [1.29, 1.82) is 0 Å². The number of nitrogens with zero attached hydrogens (tertiary/aromatic N) is 1. The highest BCUT2D eigenvalue weighted by atomic mass is 127. The molecule has 2 aromatic rings. The smallest absolute Gasteiger partial charge is 0.193 e. The SMILES string of the molecule is CC(C)Oc1ccc(NC(N)=NCC(C)Oc2ccccc2Cl)cc1.I. The number of halogens is 2. The number of aliphatic imine (C=N–C) groups is 1. The van der Waals surface area contributed by atoms with Gasteiger partial charge in [-0.1, -0.05) is 23.7 Å². The van der Waals surface area contributed by atoms with Gasteiger partial charge in [-0.2, -0.15) is 0 Å². The van der Waals surface area contributed by atoms with Crippen molar-refractivity contribution in [3.63, 3.8) is 0 Å². The van der Waals surface area contributed by atoms with Gasteiger partial charge < -0.3 is 20.5 Å². The monoisotopic (exact) mass is 489 g/mol. The fourth-order valence-electron chi connectivity index (χ4n) is 2.10. The van der Waals surface area contributed by atoms with E-state index in [2.05, 4.69) is 10.3 Å². The highest BCUT2D eigenvalue weighted by molar-refractivity contribution is 14.0. The fraction of sp³-hybridized carbons (Fsp3) is 0.316. The van der Waals surface area contributed by atoms with Gasteiger partial charge in [-0.05, 0) is 57.2 Å². The molecule has 0 amide bonds. The summed E-state index contributed by atoms with van der Waals surface area (Å²) >= 11 is 6.07. The van der Waals surface area contributed by atoms with Gasteiger partial charge in [0.2, 0.25) is 0 Å². The standard InChI is InChI=1S/C19H24ClN3O2.HI/c1-13(2)24-16-10-8-15(9-11-16)23-19(21)22-12-14(3)25-18-7-5-4-6-17(18)20;/h4-11,13-14H,12H2,1-3H3,(H3,21,22,23);1H. The Kier molecular flexibility index (Phi) is 9.58. The molecule has 2 aromatic carbocycles. The summed E-state index contributed by atoms with van der Waals surface area (Å²) < 4.78 is 11.4. The molecule has 0 radical (unpaired) electrons. The number of nitrogens with one attached hydrogen (secondary N) is 1. The third-order valence-electron chi connectivity index (χ3n) is 3.18. The first kappa shape index (κ1) is 22.4. The highest BCUT2D eigenvalue weighted by Crippen LogP contribution is 2.24. The largest absolute Gasteiger partial charge is 0.491 e. The van der Waals surface area contributed by atoms with E-state index in [9.17, 15) is 0 Å². The van der Waals surface area contributed by atoms with Crippen LogP contribution in [0.3, 0.4) is 0 Å². The molecule has 26 heavy (non-hydrogen) atoms. The Balaban J connectivity index is 0.00000338. The molecule has 0 aliphatic rings. The Morgan fingerprint density at radius 3 is 2.35 bits per heavy atom. The van der Waals surface area contributed by atoms with Crippen molar-refractivity contribution in [3.05, 3.63) is 53.6 Å². The van der Waals surface area contributed by atoms with Gasteiger partial charge >= 0.3 is 0 Å². The molecule has 2 rings (SSSR count). The first-order valence-corrected chi connectivity index (χ1v) is 8.56. The van der Waals surface area contributed by atoms with E-state index in [1.54, 1.807) is 6.07 Å². The molecule has 7 heteroatoms. The molecule has 0 bridgehead atoms. The van der Waals surface area contributed by atoms with Crippen LogP contribution in [0.2, 0.25) is 5.02 Å². The fourth-order valence-corrected chi connectivity index (χ4v) is 2.28. The summed E-state index contributed by atoms with van der Waals surface area (Å²) in [6.07, 6.45) is -0.00730. The van der Waals surface area contributed by atoms with E-state index in [1.807, 2.05) is 63.2 Å². The van der Waals surface area contributed by atoms with E-state index >= 15 is 0 Å². The average molecular weight is 490 g/mol. The maximum Gasteiger partial charge on any atom is 0.193 e. The van der Waals surface area contributed by atoms with Crippen LogP contribution in [0, 0.1) is 0 Å². The lowest BCUT2D eigenvalue weighted by Crippen LogP contribution is -2.25. The first-order valence-electron chi connectivity index (χ1n) is 8.19. The number of ether oxygens (including phenoxy) is 2.